The minimum atomic E-state index is -1.23. The second-order valence-corrected chi connectivity index (χ2v) is 3.62. The third kappa shape index (κ3) is 1.91. The van der Waals surface area contributed by atoms with Gasteiger partial charge in [0.2, 0.25) is 0 Å². The lowest BCUT2D eigenvalue weighted by Gasteiger charge is -1.98. The summed E-state index contributed by atoms with van der Waals surface area (Å²) in [5.74, 6) is -1.84. The van der Waals surface area contributed by atoms with E-state index in [4.69, 9.17) is 5.11 Å². The summed E-state index contributed by atoms with van der Waals surface area (Å²) < 4.78 is 0. The number of H-pyrrole nitrogens is 1. The van der Waals surface area contributed by atoms with Gasteiger partial charge >= 0.3 is 5.97 Å². The van der Waals surface area contributed by atoms with Crippen LogP contribution < -0.4 is 5.32 Å². The molecule has 16 heavy (non-hydrogen) atoms. The van der Waals surface area contributed by atoms with Gasteiger partial charge in [-0.05, 0) is 0 Å². The molecule has 0 fully saturated rings. The van der Waals surface area contributed by atoms with Gasteiger partial charge in [-0.25, -0.2) is 14.8 Å². The fraction of sp³-hybridized carbons (Fsp3) is 0. The van der Waals surface area contributed by atoms with E-state index in [2.05, 4.69) is 20.3 Å². The Balaban J connectivity index is 2.21. The predicted molar refractivity (Wildman–Crippen MR) is 55.6 cm³/mol. The summed E-state index contributed by atoms with van der Waals surface area (Å²) in [6.07, 6.45) is 2.68. The molecule has 2 heterocycles. The molecule has 0 radical (unpaired) electrons. The van der Waals surface area contributed by atoms with Crippen LogP contribution in [0.1, 0.15) is 21.0 Å². The topological polar surface area (TPSA) is 108 Å². The van der Waals surface area contributed by atoms with Gasteiger partial charge in [0.1, 0.15) is 0 Å². The van der Waals surface area contributed by atoms with Crippen molar-refractivity contribution in [3.8, 4) is 0 Å². The summed E-state index contributed by atoms with van der Waals surface area (Å²) in [6, 6.07) is 0. The molecule has 0 aliphatic heterocycles. The number of imidazole rings is 1. The lowest BCUT2D eigenvalue weighted by Crippen LogP contribution is -2.16. The molecule has 0 atom stereocenters. The standard InChI is InChI=1S/C8H6N4O3S/c13-6(12-8-9-1-2-16-8)4-5(7(14)15)11-3-10-4/h1-3H,(H,10,11)(H,14,15)(H,9,12,13). The van der Waals surface area contributed by atoms with Crippen molar-refractivity contribution in [2.45, 2.75) is 0 Å². The van der Waals surface area contributed by atoms with Crippen molar-refractivity contribution in [3.05, 3.63) is 29.3 Å². The molecule has 2 aromatic rings. The number of aromatic amines is 1. The number of carboxylic acids is 1. The maximum Gasteiger partial charge on any atom is 0.354 e. The molecule has 7 nitrogen and oxygen atoms in total. The normalized spacial score (nSPS) is 10.0. The van der Waals surface area contributed by atoms with Crippen LogP contribution in [0, 0.1) is 0 Å². The fourth-order valence-corrected chi connectivity index (χ4v) is 1.59. The molecule has 8 heteroatoms. The number of aromatic nitrogens is 3. The Hall–Kier alpha value is -2.22. The Kier molecular flexibility index (Phi) is 2.64. The molecule has 1 amide bonds. The van der Waals surface area contributed by atoms with Crippen molar-refractivity contribution in [2.24, 2.45) is 0 Å². The van der Waals surface area contributed by atoms with E-state index >= 15 is 0 Å². The average molecular weight is 238 g/mol. The van der Waals surface area contributed by atoms with Gasteiger partial charge in [0.15, 0.2) is 16.5 Å². The van der Waals surface area contributed by atoms with Crippen LogP contribution >= 0.6 is 11.3 Å². The molecule has 0 unspecified atom stereocenters. The highest BCUT2D eigenvalue weighted by atomic mass is 32.1. The smallest absolute Gasteiger partial charge is 0.354 e. The number of carbonyl (C=O) groups is 2. The van der Waals surface area contributed by atoms with E-state index in [1.807, 2.05) is 0 Å². The Morgan fingerprint density at radius 2 is 2.25 bits per heavy atom. The van der Waals surface area contributed by atoms with Crippen LogP contribution in [0.3, 0.4) is 0 Å². The first-order chi connectivity index (χ1) is 7.68. The molecule has 0 spiro atoms. The molecule has 0 aromatic carbocycles. The third-order valence-electron chi connectivity index (χ3n) is 1.72. The number of amides is 1. The fourth-order valence-electron chi connectivity index (χ4n) is 1.07. The minimum absolute atomic E-state index is 0.164. The van der Waals surface area contributed by atoms with Gasteiger partial charge in [-0.15, -0.1) is 11.3 Å². The van der Waals surface area contributed by atoms with Gasteiger partial charge in [0.25, 0.3) is 5.91 Å². The van der Waals surface area contributed by atoms with Crippen LogP contribution in [0.15, 0.2) is 17.9 Å². The zero-order chi connectivity index (χ0) is 11.5. The van der Waals surface area contributed by atoms with Crippen LogP contribution in [0.2, 0.25) is 0 Å². The van der Waals surface area contributed by atoms with Gasteiger partial charge in [-0.2, -0.15) is 0 Å². The SMILES string of the molecule is O=C(Nc1nccs1)c1nc[nH]c1C(=O)O. The van der Waals surface area contributed by atoms with E-state index in [9.17, 15) is 9.59 Å². The summed E-state index contributed by atoms with van der Waals surface area (Å²) in [4.78, 5) is 32.2. The molecule has 0 saturated carbocycles. The molecule has 0 bridgehead atoms. The van der Waals surface area contributed by atoms with Crippen molar-refractivity contribution in [1.82, 2.24) is 15.0 Å². The number of nitrogens with one attached hydrogen (secondary N) is 2. The highest BCUT2D eigenvalue weighted by Crippen LogP contribution is 2.12. The first kappa shape index (κ1) is 10.3. The molecule has 0 saturated heterocycles. The number of aromatic carboxylic acids is 1. The molecule has 3 N–H and O–H groups in total. The van der Waals surface area contributed by atoms with Gasteiger partial charge < -0.3 is 10.1 Å². The van der Waals surface area contributed by atoms with E-state index in [0.717, 1.165) is 6.33 Å². The van der Waals surface area contributed by atoms with Crippen LogP contribution in [0.25, 0.3) is 0 Å². The van der Waals surface area contributed by atoms with Gasteiger partial charge in [-0.3, -0.25) is 10.1 Å². The van der Waals surface area contributed by atoms with Gasteiger partial charge in [0.05, 0.1) is 6.33 Å². The predicted octanol–water partition coefficient (Wildman–Crippen LogP) is 0.817. The molecular weight excluding hydrogens is 232 g/mol. The van der Waals surface area contributed by atoms with Crippen molar-refractivity contribution < 1.29 is 14.7 Å². The average Bonchev–Trinajstić information content (AvgIpc) is 2.86. The zero-order valence-corrected chi connectivity index (χ0v) is 8.61. The lowest BCUT2D eigenvalue weighted by atomic mass is 10.3. The zero-order valence-electron chi connectivity index (χ0n) is 7.80. The Labute approximate surface area is 93.2 Å². The van der Waals surface area contributed by atoms with E-state index < -0.39 is 11.9 Å². The Bertz CT molecular complexity index is 519. The minimum Gasteiger partial charge on any atom is -0.477 e. The van der Waals surface area contributed by atoms with E-state index in [0.29, 0.717) is 5.13 Å². The molecule has 2 aromatic heterocycles. The number of nitrogens with zero attached hydrogens (tertiary/aromatic N) is 2. The quantitative estimate of drug-likeness (QED) is 0.733. The van der Waals surface area contributed by atoms with E-state index in [-0.39, 0.29) is 11.4 Å². The summed E-state index contributed by atoms with van der Waals surface area (Å²) >= 11 is 1.23. The Morgan fingerprint density at radius 3 is 2.88 bits per heavy atom. The second kappa shape index (κ2) is 4.11. The summed E-state index contributed by atoms with van der Waals surface area (Å²) in [5, 5.41) is 13.3. The van der Waals surface area contributed by atoms with Crippen LogP contribution in [0.4, 0.5) is 5.13 Å². The molecule has 2 rings (SSSR count). The Morgan fingerprint density at radius 1 is 1.44 bits per heavy atom. The number of carboxylic acid groups (broad SMARTS) is 1. The van der Waals surface area contributed by atoms with Crippen LogP contribution in [-0.2, 0) is 0 Å². The summed E-state index contributed by atoms with van der Waals surface area (Å²) in [6.45, 7) is 0. The number of carbonyl (C=O) groups excluding carboxylic acids is 1. The van der Waals surface area contributed by atoms with Gasteiger partial charge in [-0.1, -0.05) is 0 Å². The largest absolute Gasteiger partial charge is 0.477 e. The second-order valence-electron chi connectivity index (χ2n) is 2.72. The maximum atomic E-state index is 11.6. The first-order valence-electron chi connectivity index (χ1n) is 4.16. The molecular formula is C8H6N4O3S. The number of thiazole rings is 1. The highest BCUT2D eigenvalue weighted by Gasteiger charge is 2.20. The van der Waals surface area contributed by atoms with Crippen molar-refractivity contribution in [1.29, 1.82) is 0 Å². The van der Waals surface area contributed by atoms with E-state index in [1.54, 1.807) is 5.38 Å². The maximum absolute atomic E-state index is 11.6. The molecule has 82 valence electrons. The van der Waals surface area contributed by atoms with Gasteiger partial charge in [0, 0.05) is 11.6 Å². The van der Waals surface area contributed by atoms with Crippen molar-refractivity contribution >= 4 is 28.3 Å². The number of hydrogen-bond acceptors (Lipinski definition) is 5. The third-order valence-corrected chi connectivity index (χ3v) is 2.41. The monoisotopic (exact) mass is 238 g/mol. The van der Waals surface area contributed by atoms with Crippen LogP contribution in [-0.4, -0.2) is 31.9 Å². The van der Waals surface area contributed by atoms with Crippen LogP contribution in [0.5, 0.6) is 0 Å². The number of rotatable bonds is 3. The molecule has 0 aliphatic carbocycles. The van der Waals surface area contributed by atoms with Crippen molar-refractivity contribution in [3.63, 3.8) is 0 Å². The summed E-state index contributed by atoms with van der Waals surface area (Å²) in [7, 11) is 0. The first-order valence-corrected chi connectivity index (χ1v) is 5.04. The number of hydrogen-bond donors (Lipinski definition) is 3. The van der Waals surface area contributed by atoms with Crippen molar-refractivity contribution in [2.75, 3.05) is 5.32 Å². The highest BCUT2D eigenvalue weighted by molar-refractivity contribution is 7.13. The molecule has 0 aliphatic rings. The number of anilines is 1. The lowest BCUT2D eigenvalue weighted by molar-refractivity contribution is 0.0686. The van der Waals surface area contributed by atoms with E-state index in [1.165, 1.54) is 17.5 Å². The summed E-state index contributed by atoms with van der Waals surface area (Å²) in [5.41, 5.74) is -0.406.